The molecule has 0 spiro atoms. The Morgan fingerprint density at radius 3 is 2.53 bits per heavy atom. The van der Waals surface area contributed by atoms with Gasteiger partial charge in [-0.2, -0.15) is 0 Å². The first-order valence-corrected chi connectivity index (χ1v) is 6.92. The third-order valence-corrected chi connectivity index (χ3v) is 4.49. The van der Waals surface area contributed by atoms with Gasteiger partial charge in [0.15, 0.2) is 0 Å². The number of hydrogen-bond acceptors (Lipinski definition) is 3. The summed E-state index contributed by atoms with van der Waals surface area (Å²) < 4.78 is 51.9. The lowest BCUT2D eigenvalue weighted by atomic mass is 10.3. The van der Waals surface area contributed by atoms with Crippen LogP contribution < -0.4 is 10.5 Å². The van der Waals surface area contributed by atoms with Gasteiger partial charge in [0.25, 0.3) is 0 Å². The van der Waals surface area contributed by atoms with Crippen molar-refractivity contribution in [2.45, 2.75) is 17.9 Å². The fourth-order valence-electron chi connectivity index (χ4n) is 1.16. The molecule has 1 aromatic carbocycles. The Labute approximate surface area is 106 Å². The van der Waals surface area contributed by atoms with Gasteiger partial charge in [0, 0.05) is 23.1 Å². The summed E-state index contributed by atoms with van der Waals surface area (Å²) in [6.07, 6.45) is 0. The Morgan fingerprint density at radius 2 is 2.06 bits per heavy atom. The van der Waals surface area contributed by atoms with Crippen LogP contribution in [0.4, 0.5) is 8.78 Å². The van der Waals surface area contributed by atoms with E-state index >= 15 is 0 Å². The zero-order chi connectivity index (χ0) is 13.2. The van der Waals surface area contributed by atoms with Gasteiger partial charge in [-0.25, -0.2) is 21.9 Å². The van der Waals surface area contributed by atoms with Crippen LogP contribution >= 0.6 is 15.9 Å². The minimum atomic E-state index is -4.07. The molecule has 1 rings (SSSR count). The first-order chi connectivity index (χ1) is 7.77. The minimum Gasteiger partial charge on any atom is -0.329 e. The summed E-state index contributed by atoms with van der Waals surface area (Å²) in [5.41, 5.74) is 5.27. The van der Waals surface area contributed by atoms with Crippen LogP contribution in [0.15, 0.2) is 21.5 Å². The van der Waals surface area contributed by atoms with Crippen molar-refractivity contribution in [1.29, 1.82) is 0 Å². The van der Waals surface area contributed by atoms with Gasteiger partial charge in [-0.15, -0.1) is 0 Å². The van der Waals surface area contributed by atoms with Crippen molar-refractivity contribution in [2.24, 2.45) is 5.73 Å². The van der Waals surface area contributed by atoms with Crippen molar-refractivity contribution in [2.75, 3.05) is 6.54 Å². The summed E-state index contributed by atoms with van der Waals surface area (Å²) in [5, 5.41) is 0. The quantitative estimate of drug-likeness (QED) is 0.876. The summed E-state index contributed by atoms with van der Waals surface area (Å²) in [6.45, 7) is 1.60. The monoisotopic (exact) mass is 328 g/mol. The second-order valence-corrected chi connectivity index (χ2v) is 5.96. The fourth-order valence-corrected chi connectivity index (χ4v) is 3.58. The number of nitrogens with two attached hydrogens (primary N) is 1. The Balaban J connectivity index is 3.25. The van der Waals surface area contributed by atoms with Crippen LogP contribution in [0.25, 0.3) is 0 Å². The zero-order valence-corrected chi connectivity index (χ0v) is 11.3. The molecule has 0 amide bonds. The van der Waals surface area contributed by atoms with Crippen molar-refractivity contribution < 1.29 is 17.2 Å². The smallest absolute Gasteiger partial charge is 0.244 e. The number of nitrogens with one attached hydrogen (secondary N) is 1. The van der Waals surface area contributed by atoms with Crippen LogP contribution in [0.2, 0.25) is 0 Å². The Kier molecular flexibility index (Phi) is 4.59. The molecular weight excluding hydrogens is 318 g/mol. The number of hydrogen-bond donors (Lipinski definition) is 2. The van der Waals surface area contributed by atoms with Gasteiger partial charge in [0.2, 0.25) is 10.0 Å². The SMILES string of the molecule is CC(CN)NS(=O)(=O)c1c(F)cc(F)cc1Br. The topological polar surface area (TPSA) is 72.2 Å². The number of rotatable bonds is 4. The van der Waals surface area contributed by atoms with Crippen molar-refractivity contribution in [1.82, 2.24) is 4.72 Å². The standard InChI is InChI=1S/C9H11BrF2N2O2S/c1-5(4-13)14-17(15,16)9-7(10)2-6(11)3-8(9)12/h2-3,5,14H,4,13H2,1H3. The molecule has 17 heavy (non-hydrogen) atoms. The third kappa shape index (κ3) is 3.44. The predicted molar refractivity (Wildman–Crippen MR) is 62.9 cm³/mol. The first-order valence-electron chi connectivity index (χ1n) is 4.65. The molecule has 8 heteroatoms. The molecule has 0 bridgehead atoms. The maximum atomic E-state index is 13.4. The van der Waals surface area contributed by atoms with E-state index in [2.05, 4.69) is 20.7 Å². The molecule has 0 fully saturated rings. The van der Waals surface area contributed by atoms with Gasteiger partial charge in [0.1, 0.15) is 16.5 Å². The van der Waals surface area contributed by atoms with Gasteiger partial charge in [-0.3, -0.25) is 0 Å². The Morgan fingerprint density at radius 1 is 1.47 bits per heavy atom. The minimum absolute atomic E-state index is 0.0691. The van der Waals surface area contributed by atoms with Crippen LogP contribution in [-0.4, -0.2) is 21.0 Å². The van der Waals surface area contributed by atoms with Crippen LogP contribution in [0.3, 0.4) is 0 Å². The van der Waals surface area contributed by atoms with Crippen molar-refractivity contribution in [3.8, 4) is 0 Å². The van der Waals surface area contributed by atoms with E-state index in [1.54, 1.807) is 0 Å². The number of sulfonamides is 1. The molecule has 0 heterocycles. The number of benzene rings is 1. The molecule has 0 aliphatic heterocycles. The van der Waals surface area contributed by atoms with E-state index in [9.17, 15) is 17.2 Å². The van der Waals surface area contributed by atoms with E-state index in [4.69, 9.17) is 5.73 Å². The molecule has 0 saturated carbocycles. The lowest BCUT2D eigenvalue weighted by molar-refractivity contribution is 0.533. The maximum absolute atomic E-state index is 13.4. The van der Waals surface area contributed by atoms with Gasteiger partial charge < -0.3 is 5.73 Å². The molecule has 0 saturated heterocycles. The van der Waals surface area contributed by atoms with Crippen LogP contribution in [-0.2, 0) is 10.0 Å². The molecule has 0 radical (unpaired) electrons. The van der Waals surface area contributed by atoms with Crippen molar-refractivity contribution >= 4 is 26.0 Å². The summed E-state index contributed by atoms with van der Waals surface area (Å²) in [5.74, 6) is -2.02. The largest absolute Gasteiger partial charge is 0.329 e. The van der Waals surface area contributed by atoms with E-state index in [0.29, 0.717) is 6.07 Å². The predicted octanol–water partition coefficient (Wildman–Crippen LogP) is 1.35. The summed E-state index contributed by atoms with van der Waals surface area (Å²) in [4.78, 5) is -0.626. The highest BCUT2D eigenvalue weighted by Gasteiger charge is 2.24. The van der Waals surface area contributed by atoms with Crippen LogP contribution in [0.1, 0.15) is 6.92 Å². The van der Waals surface area contributed by atoms with Gasteiger partial charge in [-0.05, 0) is 28.9 Å². The molecule has 3 N–H and O–H groups in total. The lowest BCUT2D eigenvalue weighted by Gasteiger charge is -2.13. The third-order valence-electron chi connectivity index (χ3n) is 1.94. The molecule has 96 valence electrons. The molecule has 1 aromatic rings. The molecule has 4 nitrogen and oxygen atoms in total. The number of halogens is 3. The lowest BCUT2D eigenvalue weighted by Crippen LogP contribution is -2.38. The molecule has 1 atom stereocenters. The molecule has 1 unspecified atom stereocenters. The summed E-state index contributed by atoms with van der Waals surface area (Å²) in [6, 6.07) is 0.841. The first kappa shape index (κ1) is 14.5. The van der Waals surface area contributed by atoms with Crippen LogP contribution in [0.5, 0.6) is 0 Å². The molecule has 0 aliphatic carbocycles. The Hall–Kier alpha value is -0.570. The van der Waals surface area contributed by atoms with Gasteiger partial charge in [-0.1, -0.05) is 0 Å². The zero-order valence-electron chi connectivity index (χ0n) is 8.88. The summed E-state index contributed by atoms with van der Waals surface area (Å²) in [7, 11) is -4.07. The van der Waals surface area contributed by atoms with Gasteiger partial charge >= 0.3 is 0 Å². The highest BCUT2D eigenvalue weighted by molar-refractivity contribution is 9.10. The van der Waals surface area contributed by atoms with E-state index in [-0.39, 0.29) is 11.0 Å². The van der Waals surface area contributed by atoms with E-state index in [1.807, 2.05) is 0 Å². The highest BCUT2D eigenvalue weighted by Crippen LogP contribution is 2.26. The van der Waals surface area contributed by atoms with Crippen LogP contribution in [0, 0.1) is 11.6 Å². The van der Waals surface area contributed by atoms with E-state index in [1.165, 1.54) is 6.92 Å². The molecule has 0 aromatic heterocycles. The molecular formula is C9H11BrF2N2O2S. The van der Waals surface area contributed by atoms with Gasteiger partial charge in [0.05, 0.1) is 0 Å². The fraction of sp³-hybridized carbons (Fsp3) is 0.333. The van der Waals surface area contributed by atoms with E-state index in [0.717, 1.165) is 6.07 Å². The summed E-state index contributed by atoms with van der Waals surface area (Å²) >= 11 is 2.82. The highest BCUT2D eigenvalue weighted by atomic mass is 79.9. The second kappa shape index (κ2) is 5.38. The van der Waals surface area contributed by atoms with E-state index < -0.39 is 32.6 Å². The average Bonchev–Trinajstić information content (AvgIpc) is 2.14. The maximum Gasteiger partial charge on any atom is 0.244 e. The van der Waals surface area contributed by atoms with Crippen molar-refractivity contribution in [3.05, 3.63) is 28.2 Å². The Bertz CT molecular complexity index is 499. The second-order valence-electron chi connectivity index (χ2n) is 3.46. The normalized spacial score (nSPS) is 13.7. The molecule has 0 aliphatic rings. The average molecular weight is 329 g/mol. The van der Waals surface area contributed by atoms with Crippen molar-refractivity contribution in [3.63, 3.8) is 0 Å².